The van der Waals surface area contributed by atoms with Gasteiger partial charge in [-0.3, -0.25) is 0 Å². The number of rotatable bonds is 6. The molecule has 3 heteroatoms. The molecule has 0 aliphatic rings. The summed E-state index contributed by atoms with van der Waals surface area (Å²) in [7, 11) is 1.95. The maximum Gasteiger partial charge on any atom is 0.0462 e. The van der Waals surface area contributed by atoms with E-state index < -0.39 is 0 Å². The molecule has 0 saturated carbocycles. The lowest BCUT2D eigenvalue weighted by Gasteiger charge is -2.13. The second kappa shape index (κ2) is 7.21. The minimum atomic E-state index is 0.756. The highest BCUT2D eigenvalue weighted by Crippen LogP contribution is 2.30. The summed E-state index contributed by atoms with van der Waals surface area (Å²) >= 11 is 8.11. The third kappa shape index (κ3) is 4.00. The fraction of sp³-hybridized carbons (Fsp3) is 0.538. The molecule has 1 atom stereocenters. The van der Waals surface area contributed by atoms with Gasteiger partial charge in [-0.2, -0.15) is 0 Å². The Labute approximate surface area is 108 Å². The topological polar surface area (TPSA) is 12.0 Å². The van der Waals surface area contributed by atoms with E-state index in [0.717, 1.165) is 23.2 Å². The standard InChI is InChI=1S/C13H20ClNS/c1-4-10(2)9-16-13-7-5-6-12(14)11(13)8-15-3/h5-7,10,15H,4,8-9H2,1-3H3. The van der Waals surface area contributed by atoms with Crippen molar-refractivity contribution in [3.8, 4) is 0 Å². The smallest absolute Gasteiger partial charge is 0.0462 e. The Kier molecular flexibility index (Phi) is 6.25. The summed E-state index contributed by atoms with van der Waals surface area (Å²) in [6.45, 7) is 5.36. The van der Waals surface area contributed by atoms with Crippen molar-refractivity contribution in [2.75, 3.05) is 12.8 Å². The van der Waals surface area contributed by atoms with Crippen LogP contribution in [0, 0.1) is 5.92 Å². The molecular weight excluding hydrogens is 238 g/mol. The van der Waals surface area contributed by atoms with E-state index in [1.54, 1.807) is 0 Å². The average Bonchev–Trinajstić information content (AvgIpc) is 2.29. The molecular formula is C13H20ClNS. The predicted molar refractivity (Wildman–Crippen MR) is 74.4 cm³/mol. The SMILES string of the molecule is CCC(C)CSc1cccc(Cl)c1CNC. The second-order valence-electron chi connectivity index (χ2n) is 4.07. The van der Waals surface area contributed by atoms with Crippen LogP contribution < -0.4 is 5.32 Å². The Morgan fingerprint density at radius 3 is 2.81 bits per heavy atom. The molecule has 0 radical (unpaired) electrons. The summed E-state index contributed by atoms with van der Waals surface area (Å²) in [4.78, 5) is 1.31. The highest BCUT2D eigenvalue weighted by Gasteiger charge is 2.08. The van der Waals surface area contributed by atoms with Gasteiger partial charge in [0.2, 0.25) is 0 Å². The Morgan fingerprint density at radius 1 is 1.44 bits per heavy atom. The molecule has 0 aromatic heterocycles. The van der Waals surface area contributed by atoms with Crippen molar-refractivity contribution in [2.24, 2.45) is 5.92 Å². The minimum Gasteiger partial charge on any atom is -0.316 e. The summed E-state index contributed by atoms with van der Waals surface area (Å²) in [5.74, 6) is 1.92. The molecule has 0 spiro atoms. The van der Waals surface area contributed by atoms with Crippen molar-refractivity contribution in [3.63, 3.8) is 0 Å². The molecule has 0 heterocycles. The van der Waals surface area contributed by atoms with E-state index in [9.17, 15) is 0 Å². The number of nitrogens with one attached hydrogen (secondary N) is 1. The first-order chi connectivity index (χ1) is 7.69. The van der Waals surface area contributed by atoms with Crippen LogP contribution in [-0.2, 0) is 6.54 Å². The monoisotopic (exact) mass is 257 g/mol. The van der Waals surface area contributed by atoms with Crippen molar-refractivity contribution in [1.29, 1.82) is 0 Å². The summed E-state index contributed by atoms with van der Waals surface area (Å²) < 4.78 is 0. The molecule has 1 aromatic carbocycles. The van der Waals surface area contributed by atoms with Gasteiger partial charge in [0.15, 0.2) is 0 Å². The van der Waals surface area contributed by atoms with Crippen LogP contribution >= 0.6 is 23.4 Å². The van der Waals surface area contributed by atoms with E-state index in [0.29, 0.717) is 0 Å². The Hall–Kier alpha value is -0.180. The Bertz CT molecular complexity index is 328. The maximum atomic E-state index is 6.20. The van der Waals surface area contributed by atoms with Gasteiger partial charge in [0, 0.05) is 22.2 Å². The summed E-state index contributed by atoms with van der Waals surface area (Å²) in [5, 5.41) is 4.03. The predicted octanol–water partition coefficient (Wildman–Crippen LogP) is 4.20. The second-order valence-corrected chi connectivity index (χ2v) is 5.54. The number of thioether (sulfide) groups is 1. The number of hydrogen-bond acceptors (Lipinski definition) is 2. The summed E-state index contributed by atoms with van der Waals surface area (Å²) in [5.41, 5.74) is 1.22. The first-order valence-corrected chi connectivity index (χ1v) is 7.10. The van der Waals surface area contributed by atoms with Crippen molar-refractivity contribution in [2.45, 2.75) is 31.7 Å². The summed E-state index contributed by atoms with van der Waals surface area (Å²) in [6.07, 6.45) is 1.23. The van der Waals surface area contributed by atoms with Gasteiger partial charge in [-0.25, -0.2) is 0 Å². The molecule has 1 rings (SSSR count). The molecule has 0 amide bonds. The zero-order valence-corrected chi connectivity index (χ0v) is 11.8. The van der Waals surface area contributed by atoms with Crippen LogP contribution in [0.2, 0.25) is 5.02 Å². The van der Waals surface area contributed by atoms with Gasteiger partial charge < -0.3 is 5.32 Å². The van der Waals surface area contributed by atoms with Crippen molar-refractivity contribution < 1.29 is 0 Å². The quantitative estimate of drug-likeness (QED) is 0.767. The van der Waals surface area contributed by atoms with Gasteiger partial charge in [0.05, 0.1) is 0 Å². The van der Waals surface area contributed by atoms with Gasteiger partial charge in [-0.1, -0.05) is 37.9 Å². The fourth-order valence-corrected chi connectivity index (χ4v) is 2.90. The van der Waals surface area contributed by atoms with Crippen LogP contribution in [0.3, 0.4) is 0 Å². The minimum absolute atomic E-state index is 0.756. The third-order valence-corrected chi connectivity index (χ3v) is 4.43. The summed E-state index contributed by atoms with van der Waals surface area (Å²) in [6, 6.07) is 6.15. The molecule has 0 aliphatic carbocycles. The lowest BCUT2D eigenvalue weighted by molar-refractivity contribution is 0.636. The highest BCUT2D eigenvalue weighted by atomic mass is 35.5. The van der Waals surface area contributed by atoms with Crippen LogP contribution in [0.1, 0.15) is 25.8 Å². The number of halogens is 1. The van der Waals surface area contributed by atoms with Crippen LogP contribution in [0.4, 0.5) is 0 Å². The van der Waals surface area contributed by atoms with Crippen molar-refractivity contribution >= 4 is 23.4 Å². The molecule has 0 aliphatic heterocycles. The molecule has 1 nitrogen and oxygen atoms in total. The van der Waals surface area contributed by atoms with Gasteiger partial charge in [-0.05, 0) is 30.7 Å². The lowest BCUT2D eigenvalue weighted by Crippen LogP contribution is -2.07. The van der Waals surface area contributed by atoms with E-state index in [-0.39, 0.29) is 0 Å². The number of hydrogen-bond donors (Lipinski definition) is 1. The normalized spacial score (nSPS) is 12.8. The van der Waals surface area contributed by atoms with E-state index in [1.807, 2.05) is 30.9 Å². The molecule has 0 fully saturated rings. The van der Waals surface area contributed by atoms with Crippen molar-refractivity contribution in [1.82, 2.24) is 5.32 Å². The highest BCUT2D eigenvalue weighted by molar-refractivity contribution is 7.99. The van der Waals surface area contributed by atoms with Crippen LogP contribution in [-0.4, -0.2) is 12.8 Å². The van der Waals surface area contributed by atoms with E-state index >= 15 is 0 Å². The molecule has 16 heavy (non-hydrogen) atoms. The zero-order chi connectivity index (χ0) is 12.0. The van der Waals surface area contributed by atoms with Crippen LogP contribution in [0.5, 0.6) is 0 Å². The van der Waals surface area contributed by atoms with E-state index in [2.05, 4.69) is 25.2 Å². The van der Waals surface area contributed by atoms with E-state index in [1.165, 1.54) is 16.9 Å². The maximum absolute atomic E-state index is 6.20. The molecule has 1 unspecified atom stereocenters. The molecule has 0 bridgehead atoms. The largest absolute Gasteiger partial charge is 0.316 e. The zero-order valence-electron chi connectivity index (χ0n) is 10.2. The van der Waals surface area contributed by atoms with Crippen molar-refractivity contribution in [3.05, 3.63) is 28.8 Å². The number of benzene rings is 1. The van der Waals surface area contributed by atoms with Crippen LogP contribution in [0.15, 0.2) is 23.1 Å². The molecule has 90 valence electrons. The molecule has 0 saturated heterocycles. The Morgan fingerprint density at radius 2 is 2.19 bits per heavy atom. The first kappa shape index (κ1) is 13.9. The van der Waals surface area contributed by atoms with Gasteiger partial charge in [0.25, 0.3) is 0 Å². The fourth-order valence-electron chi connectivity index (χ4n) is 1.37. The Balaban J connectivity index is 2.74. The lowest BCUT2D eigenvalue weighted by atomic mass is 10.2. The van der Waals surface area contributed by atoms with E-state index in [4.69, 9.17) is 11.6 Å². The van der Waals surface area contributed by atoms with Gasteiger partial charge in [0.1, 0.15) is 0 Å². The van der Waals surface area contributed by atoms with Gasteiger partial charge >= 0.3 is 0 Å². The van der Waals surface area contributed by atoms with Crippen LogP contribution in [0.25, 0.3) is 0 Å². The molecule has 1 aromatic rings. The van der Waals surface area contributed by atoms with Gasteiger partial charge in [-0.15, -0.1) is 11.8 Å². The first-order valence-electron chi connectivity index (χ1n) is 5.73. The third-order valence-electron chi connectivity index (χ3n) is 2.65. The average molecular weight is 258 g/mol. The molecule has 1 N–H and O–H groups in total.